The maximum atomic E-state index is 12.4. The zero-order valence-electron chi connectivity index (χ0n) is 9.92. The van der Waals surface area contributed by atoms with Crippen molar-refractivity contribution >= 4 is 0 Å². The highest BCUT2D eigenvalue weighted by molar-refractivity contribution is 5.31. The summed E-state index contributed by atoms with van der Waals surface area (Å²) in [4.78, 5) is 0. The van der Waals surface area contributed by atoms with Gasteiger partial charge < -0.3 is 4.74 Å². The minimum absolute atomic E-state index is 0.433. The van der Waals surface area contributed by atoms with Gasteiger partial charge in [-0.1, -0.05) is 11.6 Å². The van der Waals surface area contributed by atoms with Crippen molar-refractivity contribution in [2.24, 2.45) is 0 Å². The Morgan fingerprint density at radius 1 is 1.00 bits per heavy atom. The van der Waals surface area contributed by atoms with Crippen molar-refractivity contribution in [2.75, 3.05) is 0 Å². The first-order valence-electron chi connectivity index (χ1n) is 5.66. The standard InChI is InChI=1S/C14H13F3O/c1-10-2-6-12(7-3-10)18-13-8-4-11(5-9-13)14(15,16)17/h2,4-6,8-9H,3,7H2,1H3. The van der Waals surface area contributed by atoms with Gasteiger partial charge in [-0.05, 0) is 43.7 Å². The van der Waals surface area contributed by atoms with Crippen molar-refractivity contribution in [1.29, 1.82) is 0 Å². The van der Waals surface area contributed by atoms with E-state index in [0.29, 0.717) is 5.75 Å². The van der Waals surface area contributed by atoms with Crippen LogP contribution in [0, 0.1) is 0 Å². The SMILES string of the molecule is CC1=CC=C(Oc2ccc(C(F)(F)F)cc2)CC1. The molecule has 1 aromatic rings. The van der Waals surface area contributed by atoms with Gasteiger partial charge >= 0.3 is 6.18 Å². The third kappa shape index (κ3) is 3.15. The highest BCUT2D eigenvalue weighted by Gasteiger charge is 2.30. The van der Waals surface area contributed by atoms with Gasteiger partial charge in [0.25, 0.3) is 0 Å². The molecule has 0 fully saturated rings. The van der Waals surface area contributed by atoms with Crippen LogP contribution in [-0.2, 0) is 6.18 Å². The van der Waals surface area contributed by atoms with Gasteiger partial charge in [0.15, 0.2) is 0 Å². The van der Waals surface area contributed by atoms with Crippen molar-refractivity contribution in [2.45, 2.75) is 25.9 Å². The van der Waals surface area contributed by atoms with Crippen LogP contribution in [0.15, 0.2) is 47.7 Å². The van der Waals surface area contributed by atoms with Gasteiger partial charge in [0.05, 0.1) is 5.56 Å². The summed E-state index contributed by atoms with van der Waals surface area (Å²) in [6, 6.07) is 4.74. The molecule has 18 heavy (non-hydrogen) atoms. The third-order valence-electron chi connectivity index (χ3n) is 2.75. The highest BCUT2D eigenvalue weighted by Crippen LogP contribution is 2.31. The Morgan fingerprint density at radius 3 is 2.17 bits per heavy atom. The predicted octanol–water partition coefficient (Wildman–Crippen LogP) is 4.71. The molecule has 0 atom stereocenters. The number of halogens is 3. The first-order valence-corrected chi connectivity index (χ1v) is 5.66. The monoisotopic (exact) mass is 254 g/mol. The van der Waals surface area contributed by atoms with Crippen molar-refractivity contribution in [3.63, 3.8) is 0 Å². The van der Waals surface area contributed by atoms with Gasteiger partial charge in [0.2, 0.25) is 0 Å². The van der Waals surface area contributed by atoms with Gasteiger partial charge in [-0.3, -0.25) is 0 Å². The summed E-state index contributed by atoms with van der Waals surface area (Å²) in [5.41, 5.74) is 0.609. The maximum Gasteiger partial charge on any atom is 0.416 e. The molecule has 1 nitrogen and oxygen atoms in total. The van der Waals surface area contributed by atoms with Crippen molar-refractivity contribution < 1.29 is 17.9 Å². The molecule has 1 aromatic carbocycles. The Labute approximate surface area is 104 Å². The van der Waals surface area contributed by atoms with E-state index in [2.05, 4.69) is 0 Å². The number of alkyl halides is 3. The molecule has 0 heterocycles. The zero-order chi connectivity index (χ0) is 13.2. The summed E-state index contributed by atoms with van der Waals surface area (Å²) in [5, 5.41) is 0. The molecule has 0 aromatic heterocycles. The number of hydrogen-bond acceptors (Lipinski definition) is 1. The second kappa shape index (κ2) is 4.88. The Balaban J connectivity index is 2.07. The van der Waals surface area contributed by atoms with Crippen LogP contribution in [0.25, 0.3) is 0 Å². The van der Waals surface area contributed by atoms with Crippen LogP contribution >= 0.6 is 0 Å². The molecule has 0 saturated carbocycles. The molecule has 0 amide bonds. The lowest BCUT2D eigenvalue weighted by Crippen LogP contribution is -2.04. The summed E-state index contributed by atoms with van der Waals surface area (Å²) in [5.74, 6) is 1.21. The van der Waals surface area contributed by atoms with Gasteiger partial charge in [0, 0.05) is 6.42 Å². The first-order chi connectivity index (χ1) is 8.45. The fraction of sp³-hybridized carbons (Fsp3) is 0.286. The van der Waals surface area contributed by atoms with Crippen LogP contribution < -0.4 is 4.74 Å². The Hall–Kier alpha value is -1.71. The molecule has 0 bridgehead atoms. The molecule has 0 spiro atoms. The van der Waals surface area contributed by atoms with Crippen molar-refractivity contribution in [3.05, 3.63) is 53.3 Å². The van der Waals surface area contributed by atoms with Crippen LogP contribution in [0.5, 0.6) is 5.75 Å². The van der Waals surface area contributed by atoms with Crippen LogP contribution in [-0.4, -0.2) is 0 Å². The Kier molecular flexibility index (Phi) is 3.45. The van der Waals surface area contributed by atoms with Crippen molar-refractivity contribution in [3.8, 4) is 5.75 Å². The largest absolute Gasteiger partial charge is 0.462 e. The summed E-state index contributed by atoms with van der Waals surface area (Å²) in [6.07, 6.45) is 1.22. The molecule has 1 aliphatic carbocycles. The van der Waals surface area contributed by atoms with Gasteiger partial charge in [-0.25, -0.2) is 0 Å². The van der Waals surface area contributed by atoms with Crippen LogP contribution in [0.2, 0.25) is 0 Å². The molecular weight excluding hydrogens is 241 g/mol. The zero-order valence-corrected chi connectivity index (χ0v) is 9.92. The first kappa shape index (κ1) is 12.7. The lowest BCUT2D eigenvalue weighted by molar-refractivity contribution is -0.137. The van der Waals surface area contributed by atoms with Crippen LogP contribution in [0.1, 0.15) is 25.3 Å². The molecule has 2 rings (SSSR count). The lowest BCUT2D eigenvalue weighted by atomic mass is 10.1. The van der Waals surface area contributed by atoms with Gasteiger partial charge in [-0.15, -0.1) is 0 Å². The Bertz CT molecular complexity index is 481. The summed E-state index contributed by atoms with van der Waals surface area (Å²) in [6.45, 7) is 2.03. The molecule has 1 aliphatic rings. The van der Waals surface area contributed by atoms with Gasteiger partial charge in [-0.2, -0.15) is 13.2 Å². The van der Waals surface area contributed by atoms with E-state index < -0.39 is 11.7 Å². The van der Waals surface area contributed by atoms with E-state index >= 15 is 0 Å². The second-order valence-electron chi connectivity index (χ2n) is 4.27. The average Bonchev–Trinajstić information content (AvgIpc) is 2.32. The number of benzene rings is 1. The summed E-state index contributed by atoms with van der Waals surface area (Å²) < 4.78 is 42.6. The molecule has 0 unspecified atom stereocenters. The summed E-state index contributed by atoms with van der Waals surface area (Å²) in [7, 11) is 0. The molecule has 96 valence electrons. The normalized spacial score (nSPS) is 16.0. The lowest BCUT2D eigenvalue weighted by Gasteiger charge is -2.14. The van der Waals surface area contributed by atoms with E-state index in [1.165, 1.54) is 17.7 Å². The number of ether oxygens (including phenoxy) is 1. The van der Waals surface area contributed by atoms with E-state index in [1.54, 1.807) is 0 Å². The summed E-state index contributed by atoms with van der Waals surface area (Å²) >= 11 is 0. The molecule has 0 N–H and O–H groups in total. The molecule has 0 saturated heterocycles. The Morgan fingerprint density at radius 2 is 1.67 bits per heavy atom. The van der Waals surface area contributed by atoms with E-state index in [9.17, 15) is 13.2 Å². The fourth-order valence-corrected chi connectivity index (χ4v) is 1.67. The van der Waals surface area contributed by atoms with E-state index in [1.807, 2.05) is 19.1 Å². The van der Waals surface area contributed by atoms with E-state index in [-0.39, 0.29) is 0 Å². The van der Waals surface area contributed by atoms with Crippen LogP contribution in [0.3, 0.4) is 0 Å². The second-order valence-corrected chi connectivity index (χ2v) is 4.27. The fourth-order valence-electron chi connectivity index (χ4n) is 1.67. The minimum Gasteiger partial charge on any atom is -0.462 e. The maximum absolute atomic E-state index is 12.4. The third-order valence-corrected chi connectivity index (χ3v) is 2.75. The quantitative estimate of drug-likeness (QED) is 0.742. The molecule has 4 heteroatoms. The molecule has 0 aliphatic heterocycles. The van der Waals surface area contributed by atoms with Crippen LogP contribution in [0.4, 0.5) is 13.2 Å². The number of rotatable bonds is 2. The minimum atomic E-state index is -4.30. The number of hydrogen-bond donors (Lipinski definition) is 0. The van der Waals surface area contributed by atoms with Crippen molar-refractivity contribution in [1.82, 2.24) is 0 Å². The van der Waals surface area contributed by atoms with E-state index in [4.69, 9.17) is 4.74 Å². The average molecular weight is 254 g/mol. The van der Waals surface area contributed by atoms with Gasteiger partial charge in [0.1, 0.15) is 11.5 Å². The topological polar surface area (TPSA) is 9.23 Å². The van der Waals surface area contributed by atoms with E-state index in [0.717, 1.165) is 30.7 Å². The predicted molar refractivity (Wildman–Crippen MR) is 63.1 cm³/mol. The molecular formula is C14H13F3O. The molecule has 0 radical (unpaired) electrons. The number of allylic oxidation sites excluding steroid dienone is 4. The smallest absolute Gasteiger partial charge is 0.416 e. The highest BCUT2D eigenvalue weighted by atomic mass is 19.4.